The molecule has 0 heterocycles. The van der Waals surface area contributed by atoms with Crippen molar-refractivity contribution in [2.45, 2.75) is 424 Å². The van der Waals surface area contributed by atoms with Crippen LogP contribution in [-0.4, -0.2) is 47.4 Å². The van der Waals surface area contributed by atoms with Crippen LogP contribution >= 0.6 is 0 Å². The van der Waals surface area contributed by atoms with Crippen LogP contribution in [0.25, 0.3) is 0 Å². The van der Waals surface area contributed by atoms with Crippen molar-refractivity contribution in [2.24, 2.45) is 0 Å². The van der Waals surface area contributed by atoms with Gasteiger partial charge in [0.1, 0.15) is 0 Å². The van der Waals surface area contributed by atoms with Crippen LogP contribution in [0.3, 0.4) is 0 Å². The summed E-state index contributed by atoms with van der Waals surface area (Å²) >= 11 is 0. The Morgan fingerprint density at radius 2 is 0.595 bits per heavy atom. The number of carbonyl (C=O) groups is 2. The fourth-order valence-electron chi connectivity index (χ4n) is 11.8. The molecule has 2 atom stereocenters. The van der Waals surface area contributed by atoms with E-state index in [0.717, 1.165) is 51.4 Å². The Kier molecular flexibility index (Phi) is 71.4. The Morgan fingerprint density at radius 3 is 0.917 bits per heavy atom. The Morgan fingerprint density at radius 1 is 0.333 bits per heavy atom. The molecule has 0 bridgehead atoms. The molecule has 494 valence electrons. The molecule has 0 aliphatic rings. The summed E-state index contributed by atoms with van der Waals surface area (Å²) in [6.45, 7) is 4.93. The number of nitrogens with one attached hydrogen (secondary N) is 1. The van der Waals surface area contributed by atoms with E-state index in [1.54, 1.807) is 6.08 Å². The van der Waals surface area contributed by atoms with Gasteiger partial charge < -0.3 is 20.3 Å². The van der Waals surface area contributed by atoms with Crippen molar-refractivity contribution >= 4 is 11.9 Å². The molecule has 0 saturated heterocycles. The first-order valence-corrected chi connectivity index (χ1v) is 37.9. The molecule has 0 fully saturated rings. The van der Waals surface area contributed by atoms with E-state index in [2.05, 4.69) is 55.6 Å². The Balaban J connectivity index is 3.45. The monoisotopic (exact) mass is 1180 g/mol. The SMILES string of the molecule is CCCCCCCCC/C=C\CCCCCCCCCC(=O)OCCCCCCCCCCC/C=C\C/C=C\CCCCCCCCCCCC(=O)NC(CO)C(O)/C=C/CCCCCCCCCCCCCCCCCCCCCCCC. The largest absolute Gasteiger partial charge is 0.466 e. The van der Waals surface area contributed by atoms with E-state index in [0.29, 0.717) is 19.4 Å². The van der Waals surface area contributed by atoms with Gasteiger partial charge in [0.15, 0.2) is 0 Å². The van der Waals surface area contributed by atoms with Crippen LogP contribution in [0.2, 0.25) is 0 Å². The first kappa shape index (κ1) is 81.8. The number of esters is 1. The second kappa shape index (κ2) is 73.3. The van der Waals surface area contributed by atoms with E-state index in [4.69, 9.17) is 4.74 Å². The zero-order valence-corrected chi connectivity index (χ0v) is 56.6. The highest BCUT2D eigenvalue weighted by Crippen LogP contribution is 2.19. The third-order valence-electron chi connectivity index (χ3n) is 17.6. The van der Waals surface area contributed by atoms with Gasteiger partial charge in [0.2, 0.25) is 5.91 Å². The second-order valence-electron chi connectivity index (χ2n) is 26.0. The number of carbonyl (C=O) groups excluding carboxylic acids is 2. The van der Waals surface area contributed by atoms with Gasteiger partial charge in [-0.15, -0.1) is 0 Å². The van der Waals surface area contributed by atoms with E-state index < -0.39 is 12.1 Å². The molecule has 2 unspecified atom stereocenters. The summed E-state index contributed by atoms with van der Waals surface area (Å²) in [7, 11) is 0. The topological polar surface area (TPSA) is 95.9 Å². The van der Waals surface area contributed by atoms with Crippen LogP contribution in [0, 0.1) is 0 Å². The maximum atomic E-state index is 12.5. The van der Waals surface area contributed by atoms with E-state index in [1.165, 1.54) is 334 Å². The zero-order chi connectivity index (χ0) is 60.6. The summed E-state index contributed by atoms with van der Waals surface area (Å²) in [5.41, 5.74) is 0. The molecule has 6 nitrogen and oxygen atoms in total. The third kappa shape index (κ3) is 68.9. The van der Waals surface area contributed by atoms with Crippen molar-refractivity contribution in [1.82, 2.24) is 5.32 Å². The van der Waals surface area contributed by atoms with Gasteiger partial charge in [-0.1, -0.05) is 358 Å². The quantitative estimate of drug-likeness (QED) is 0.0320. The van der Waals surface area contributed by atoms with Gasteiger partial charge in [-0.2, -0.15) is 0 Å². The van der Waals surface area contributed by atoms with E-state index >= 15 is 0 Å². The molecule has 0 aliphatic carbocycles. The van der Waals surface area contributed by atoms with Gasteiger partial charge in [0.25, 0.3) is 0 Å². The van der Waals surface area contributed by atoms with E-state index in [9.17, 15) is 19.8 Å². The van der Waals surface area contributed by atoms with Gasteiger partial charge in [-0.05, 0) is 89.9 Å². The molecule has 84 heavy (non-hydrogen) atoms. The molecule has 1 amide bonds. The van der Waals surface area contributed by atoms with Crippen LogP contribution in [0.1, 0.15) is 412 Å². The minimum atomic E-state index is -0.851. The molecular weight excluding hydrogens is 1030 g/mol. The number of hydrogen-bond donors (Lipinski definition) is 3. The molecule has 0 radical (unpaired) electrons. The van der Waals surface area contributed by atoms with E-state index in [1.807, 2.05) is 6.08 Å². The van der Waals surface area contributed by atoms with Gasteiger partial charge in [-0.25, -0.2) is 0 Å². The van der Waals surface area contributed by atoms with Crippen LogP contribution < -0.4 is 5.32 Å². The number of rotatable bonds is 71. The third-order valence-corrected chi connectivity index (χ3v) is 17.6. The summed E-state index contributed by atoms with van der Waals surface area (Å²) in [4.78, 5) is 24.7. The maximum absolute atomic E-state index is 12.5. The number of ether oxygens (including phenoxy) is 1. The molecule has 0 aromatic rings. The molecule has 0 spiro atoms. The van der Waals surface area contributed by atoms with Crippen molar-refractivity contribution in [1.29, 1.82) is 0 Å². The second-order valence-corrected chi connectivity index (χ2v) is 26.0. The van der Waals surface area contributed by atoms with Crippen molar-refractivity contribution in [3.63, 3.8) is 0 Å². The summed E-state index contributed by atoms with van der Waals surface area (Å²) in [6, 6.07) is -0.635. The summed E-state index contributed by atoms with van der Waals surface area (Å²) in [6.07, 6.45) is 96.3. The molecule has 0 aromatic heterocycles. The number of hydrogen-bond acceptors (Lipinski definition) is 5. The Bertz CT molecular complexity index is 1400. The van der Waals surface area contributed by atoms with Crippen molar-refractivity contribution in [3.8, 4) is 0 Å². The summed E-state index contributed by atoms with van der Waals surface area (Å²) in [5, 5.41) is 23.3. The summed E-state index contributed by atoms with van der Waals surface area (Å²) in [5.74, 6) is -0.0641. The number of aliphatic hydroxyl groups is 2. The van der Waals surface area contributed by atoms with Gasteiger partial charge in [0.05, 0.1) is 25.4 Å². The highest BCUT2D eigenvalue weighted by Gasteiger charge is 2.18. The minimum absolute atomic E-state index is 0.00619. The standard InChI is InChI=1S/C78H147NO5/c1-3-5-7-9-11-13-15-17-19-21-23-24-25-29-32-35-38-42-46-50-54-58-62-66-70-76(81)75(74-80)79-77(82)71-67-63-59-55-51-47-43-39-36-33-30-27-26-28-31-34-37-41-45-49-53-57-61-65-69-73-84-78(83)72-68-64-60-56-52-48-44-40-22-20-18-16-14-12-10-8-6-4-2/h20,22,27-28,30-31,66,70,75-76,80-81H,3-19,21,23-26,29,32-65,67-69,71-74H2,1-2H3,(H,79,82)/b22-20-,30-27-,31-28-,70-66+. The molecule has 0 saturated carbocycles. The highest BCUT2D eigenvalue weighted by molar-refractivity contribution is 5.76. The average Bonchev–Trinajstić information content (AvgIpc) is 3.53. The molecule has 6 heteroatoms. The van der Waals surface area contributed by atoms with Gasteiger partial charge in [0, 0.05) is 12.8 Å². The molecule has 3 N–H and O–H groups in total. The number of amides is 1. The van der Waals surface area contributed by atoms with Gasteiger partial charge in [-0.3, -0.25) is 9.59 Å². The van der Waals surface area contributed by atoms with Crippen LogP contribution in [-0.2, 0) is 14.3 Å². The number of allylic oxidation sites excluding steroid dienone is 7. The number of unbranched alkanes of at least 4 members (excludes halogenated alkanes) is 54. The average molecular weight is 1180 g/mol. The molecule has 0 aliphatic heterocycles. The summed E-state index contributed by atoms with van der Waals surface area (Å²) < 4.78 is 5.50. The van der Waals surface area contributed by atoms with Crippen molar-refractivity contribution in [3.05, 3.63) is 48.6 Å². The fraction of sp³-hybridized carbons (Fsp3) is 0.872. The first-order valence-electron chi connectivity index (χ1n) is 37.9. The predicted molar refractivity (Wildman–Crippen MR) is 370 cm³/mol. The molecule has 0 aromatic carbocycles. The lowest BCUT2D eigenvalue weighted by Crippen LogP contribution is -2.45. The Hall–Kier alpha value is -2.18. The van der Waals surface area contributed by atoms with Crippen molar-refractivity contribution in [2.75, 3.05) is 13.2 Å². The lowest BCUT2D eigenvalue weighted by atomic mass is 10.0. The normalized spacial score (nSPS) is 12.8. The molecular formula is C78H147NO5. The van der Waals surface area contributed by atoms with Crippen molar-refractivity contribution < 1.29 is 24.5 Å². The van der Waals surface area contributed by atoms with Crippen LogP contribution in [0.4, 0.5) is 0 Å². The zero-order valence-electron chi connectivity index (χ0n) is 56.6. The smallest absolute Gasteiger partial charge is 0.305 e. The maximum Gasteiger partial charge on any atom is 0.305 e. The number of aliphatic hydroxyl groups excluding tert-OH is 2. The van der Waals surface area contributed by atoms with E-state index in [-0.39, 0.29) is 18.5 Å². The lowest BCUT2D eigenvalue weighted by Gasteiger charge is -2.20. The van der Waals surface area contributed by atoms with Crippen LogP contribution in [0.5, 0.6) is 0 Å². The lowest BCUT2D eigenvalue weighted by molar-refractivity contribution is -0.143. The Labute approximate surface area is 525 Å². The van der Waals surface area contributed by atoms with Gasteiger partial charge >= 0.3 is 5.97 Å². The first-order chi connectivity index (χ1) is 41.5. The molecule has 0 rings (SSSR count). The minimum Gasteiger partial charge on any atom is -0.466 e. The fourth-order valence-corrected chi connectivity index (χ4v) is 11.8. The highest BCUT2D eigenvalue weighted by atomic mass is 16.5. The predicted octanol–water partition coefficient (Wildman–Crippen LogP) is 24.8. The van der Waals surface area contributed by atoms with Crippen LogP contribution in [0.15, 0.2) is 48.6 Å².